The maximum Gasteiger partial charge on any atom is 0.304 e. The maximum atomic E-state index is 12.7. The number of thioether (sulfide) groups is 1. The molecule has 1 unspecified atom stereocenters. The number of carbonyl (C=O) groups excluding carboxylic acids is 1. The molecular weight excluding hydrogens is 350 g/mol. The quantitative estimate of drug-likeness (QED) is 0.722. The molecule has 0 aromatic heterocycles. The normalized spacial score (nSPS) is 15.6. The van der Waals surface area contributed by atoms with Gasteiger partial charge in [-0.1, -0.05) is 30.3 Å². The van der Waals surface area contributed by atoms with Gasteiger partial charge in [-0.05, 0) is 30.2 Å². The van der Waals surface area contributed by atoms with Crippen LogP contribution >= 0.6 is 11.8 Å². The standard InChI is InChI=1S/C20H21NO4S/c22-19(23)9-11-26-13-14-4-3-5-15(12-14)21-20(24)17-8-10-25-18-7-2-1-6-16(17)18/h1-7,12,17H,8-11,13H2,(H,21,24)(H,22,23). The highest BCUT2D eigenvalue weighted by atomic mass is 32.2. The zero-order valence-electron chi connectivity index (χ0n) is 14.3. The van der Waals surface area contributed by atoms with Crippen molar-refractivity contribution in [3.8, 4) is 5.75 Å². The van der Waals surface area contributed by atoms with E-state index in [0.717, 1.165) is 28.3 Å². The van der Waals surface area contributed by atoms with Crippen molar-refractivity contribution in [3.63, 3.8) is 0 Å². The molecule has 0 bridgehead atoms. The van der Waals surface area contributed by atoms with Crippen molar-refractivity contribution in [3.05, 3.63) is 59.7 Å². The Kier molecular flexibility index (Phi) is 6.17. The lowest BCUT2D eigenvalue weighted by atomic mass is 9.92. The minimum atomic E-state index is -0.782. The van der Waals surface area contributed by atoms with Crippen LogP contribution in [0, 0.1) is 0 Å². The topological polar surface area (TPSA) is 75.6 Å². The van der Waals surface area contributed by atoms with E-state index in [2.05, 4.69) is 5.32 Å². The van der Waals surface area contributed by atoms with Crippen LogP contribution in [0.4, 0.5) is 5.69 Å². The first-order valence-electron chi connectivity index (χ1n) is 8.54. The number of carboxylic acid groups (broad SMARTS) is 1. The number of amides is 1. The Balaban J connectivity index is 1.61. The van der Waals surface area contributed by atoms with Gasteiger partial charge in [0.05, 0.1) is 18.9 Å². The zero-order chi connectivity index (χ0) is 18.4. The summed E-state index contributed by atoms with van der Waals surface area (Å²) in [5.41, 5.74) is 2.75. The summed E-state index contributed by atoms with van der Waals surface area (Å²) in [4.78, 5) is 23.3. The SMILES string of the molecule is O=C(O)CCSCc1cccc(NC(=O)C2CCOc3ccccc32)c1. The Labute approximate surface area is 156 Å². The third kappa shape index (κ3) is 4.79. The number of rotatable bonds is 7. The first kappa shape index (κ1) is 18.3. The summed E-state index contributed by atoms with van der Waals surface area (Å²) >= 11 is 1.57. The highest BCUT2D eigenvalue weighted by molar-refractivity contribution is 7.98. The van der Waals surface area contributed by atoms with E-state index in [1.807, 2.05) is 48.5 Å². The molecule has 2 N–H and O–H groups in total. The predicted molar refractivity (Wildman–Crippen MR) is 103 cm³/mol. The van der Waals surface area contributed by atoms with Gasteiger partial charge < -0.3 is 15.2 Å². The second kappa shape index (κ2) is 8.76. The lowest BCUT2D eigenvalue weighted by Gasteiger charge is -2.25. The molecule has 6 heteroatoms. The Morgan fingerprint density at radius 2 is 2.04 bits per heavy atom. The fraction of sp³-hybridized carbons (Fsp3) is 0.300. The molecule has 0 saturated carbocycles. The van der Waals surface area contributed by atoms with E-state index in [1.54, 1.807) is 11.8 Å². The number of hydrogen-bond acceptors (Lipinski definition) is 4. The summed E-state index contributed by atoms with van der Waals surface area (Å²) in [6.07, 6.45) is 0.817. The molecule has 1 amide bonds. The number of fused-ring (bicyclic) bond motifs is 1. The van der Waals surface area contributed by atoms with Crippen LogP contribution in [0.25, 0.3) is 0 Å². The van der Waals surface area contributed by atoms with Crippen molar-refractivity contribution in [1.82, 2.24) is 0 Å². The molecule has 26 heavy (non-hydrogen) atoms. The summed E-state index contributed by atoms with van der Waals surface area (Å²) in [7, 11) is 0. The van der Waals surface area contributed by atoms with E-state index in [9.17, 15) is 9.59 Å². The van der Waals surface area contributed by atoms with Gasteiger partial charge in [0.25, 0.3) is 0 Å². The van der Waals surface area contributed by atoms with Gasteiger partial charge >= 0.3 is 5.97 Å². The third-order valence-electron chi connectivity index (χ3n) is 4.20. The van der Waals surface area contributed by atoms with Crippen LogP contribution in [-0.2, 0) is 15.3 Å². The molecule has 136 valence electrons. The Bertz CT molecular complexity index is 793. The molecule has 0 aliphatic carbocycles. The van der Waals surface area contributed by atoms with Crippen molar-refractivity contribution in [2.45, 2.75) is 24.5 Å². The lowest BCUT2D eigenvalue weighted by Crippen LogP contribution is -2.26. The Morgan fingerprint density at radius 3 is 2.88 bits per heavy atom. The largest absolute Gasteiger partial charge is 0.493 e. The first-order chi connectivity index (χ1) is 12.6. The molecule has 0 fully saturated rings. The average Bonchev–Trinajstić information content (AvgIpc) is 2.65. The molecule has 0 radical (unpaired) electrons. The molecule has 0 spiro atoms. The number of hydrogen-bond donors (Lipinski definition) is 2. The van der Waals surface area contributed by atoms with Crippen LogP contribution in [0.5, 0.6) is 5.75 Å². The zero-order valence-corrected chi connectivity index (χ0v) is 15.1. The number of aliphatic carboxylic acids is 1. The molecule has 2 aromatic rings. The van der Waals surface area contributed by atoms with Gasteiger partial charge in [-0.15, -0.1) is 0 Å². The van der Waals surface area contributed by atoms with E-state index in [0.29, 0.717) is 18.8 Å². The van der Waals surface area contributed by atoms with E-state index in [-0.39, 0.29) is 18.2 Å². The molecule has 1 aliphatic heterocycles. The summed E-state index contributed by atoms with van der Waals surface area (Å²) < 4.78 is 5.62. The van der Waals surface area contributed by atoms with Crippen molar-refractivity contribution in [2.75, 3.05) is 17.7 Å². The van der Waals surface area contributed by atoms with Crippen LogP contribution in [0.2, 0.25) is 0 Å². The smallest absolute Gasteiger partial charge is 0.304 e. The number of carbonyl (C=O) groups is 2. The number of nitrogens with one attached hydrogen (secondary N) is 1. The highest BCUT2D eigenvalue weighted by Crippen LogP contribution is 2.34. The van der Waals surface area contributed by atoms with Gasteiger partial charge in [0.2, 0.25) is 5.91 Å². The number of carboxylic acids is 1. The lowest BCUT2D eigenvalue weighted by molar-refractivity contribution is -0.136. The van der Waals surface area contributed by atoms with Gasteiger partial charge in [0, 0.05) is 22.8 Å². The first-order valence-corrected chi connectivity index (χ1v) is 9.70. The molecule has 0 saturated heterocycles. The van der Waals surface area contributed by atoms with Gasteiger partial charge in [-0.2, -0.15) is 11.8 Å². The van der Waals surface area contributed by atoms with Crippen molar-refractivity contribution >= 4 is 29.3 Å². The van der Waals surface area contributed by atoms with E-state index >= 15 is 0 Å². The average molecular weight is 371 g/mol. The molecule has 2 aromatic carbocycles. The number of para-hydroxylation sites is 1. The Morgan fingerprint density at radius 1 is 1.19 bits per heavy atom. The summed E-state index contributed by atoms with van der Waals surface area (Å²) in [5.74, 6) is 1.05. The molecule has 1 atom stereocenters. The highest BCUT2D eigenvalue weighted by Gasteiger charge is 2.27. The fourth-order valence-corrected chi connectivity index (χ4v) is 3.81. The summed E-state index contributed by atoms with van der Waals surface area (Å²) in [6, 6.07) is 15.4. The van der Waals surface area contributed by atoms with Crippen molar-refractivity contribution in [2.24, 2.45) is 0 Å². The van der Waals surface area contributed by atoms with Crippen molar-refractivity contribution in [1.29, 1.82) is 0 Å². The molecule has 5 nitrogen and oxygen atoms in total. The van der Waals surface area contributed by atoms with Gasteiger partial charge in [0.15, 0.2) is 0 Å². The van der Waals surface area contributed by atoms with Crippen LogP contribution in [-0.4, -0.2) is 29.3 Å². The predicted octanol–water partition coefficient (Wildman–Crippen LogP) is 3.90. The minimum absolute atomic E-state index is 0.0311. The second-order valence-electron chi connectivity index (χ2n) is 6.11. The monoisotopic (exact) mass is 371 g/mol. The molecule has 1 heterocycles. The number of anilines is 1. The van der Waals surface area contributed by atoms with Gasteiger partial charge in [-0.25, -0.2) is 0 Å². The van der Waals surface area contributed by atoms with Crippen LogP contribution in [0.15, 0.2) is 48.5 Å². The van der Waals surface area contributed by atoms with Crippen molar-refractivity contribution < 1.29 is 19.4 Å². The summed E-state index contributed by atoms with van der Waals surface area (Å²) in [6.45, 7) is 0.537. The third-order valence-corrected chi connectivity index (χ3v) is 5.23. The van der Waals surface area contributed by atoms with Gasteiger partial charge in [-0.3, -0.25) is 9.59 Å². The summed E-state index contributed by atoms with van der Waals surface area (Å²) in [5, 5.41) is 11.7. The number of benzene rings is 2. The van der Waals surface area contributed by atoms with E-state index in [4.69, 9.17) is 9.84 Å². The fourth-order valence-electron chi connectivity index (χ4n) is 2.93. The van der Waals surface area contributed by atoms with E-state index in [1.165, 1.54) is 0 Å². The van der Waals surface area contributed by atoms with Crippen LogP contribution < -0.4 is 10.1 Å². The number of ether oxygens (including phenoxy) is 1. The van der Waals surface area contributed by atoms with E-state index < -0.39 is 5.97 Å². The van der Waals surface area contributed by atoms with Crippen LogP contribution in [0.3, 0.4) is 0 Å². The molecule has 1 aliphatic rings. The molecular formula is C20H21NO4S. The van der Waals surface area contributed by atoms with Crippen LogP contribution in [0.1, 0.15) is 29.9 Å². The molecule has 3 rings (SSSR count). The minimum Gasteiger partial charge on any atom is -0.493 e. The van der Waals surface area contributed by atoms with Gasteiger partial charge in [0.1, 0.15) is 5.75 Å². The maximum absolute atomic E-state index is 12.7. The Hall–Kier alpha value is -2.47. The second-order valence-corrected chi connectivity index (χ2v) is 7.22.